The molecular weight excluding hydrogens is 412 g/mol. The lowest BCUT2D eigenvalue weighted by Crippen LogP contribution is -2.60. The van der Waals surface area contributed by atoms with Gasteiger partial charge in [-0.2, -0.15) is 5.10 Å². The van der Waals surface area contributed by atoms with E-state index in [1.807, 2.05) is 13.8 Å². The first-order valence-corrected chi connectivity index (χ1v) is 10.2. The minimum Gasteiger partial charge on any atom is -0.460 e. The van der Waals surface area contributed by atoms with E-state index in [0.29, 0.717) is 51.4 Å². The Morgan fingerprint density at radius 1 is 1.28 bits per heavy atom. The topological polar surface area (TPSA) is 123 Å². The molecule has 0 unspecified atom stereocenters. The zero-order chi connectivity index (χ0) is 22.7. The van der Waals surface area contributed by atoms with Gasteiger partial charge in [0.05, 0.1) is 29.5 Å². The summed E-state index contributed by atoms with van der Waals surface area (Å²) >= 11 is 0. The third-order valence-corrected chi connectivity index (χ3v) is 6.13. The number of hydrogen-bond donors (Lipinski definition) is 2. The van der Waals surface area contributed by atoms with Gasteiger partial charge in [0.25, 0.3) is 11.8 Å². The van der Waals surface area contributed by atoms with Crippen molar-refractivity contribution < 1.29 is 23.8 Å². The molecule has 2 atom stereocenters. The van der Waals surface area contributed by atoms with Gasteiger partial charge in [-0.25, -0.2) is 4.52 Å². The number of aromatic nitrogens is 2. The molecule has 164 valence electrons. The Kier molecular flexibility index (Phi) is 4.45. The van der Waals surface area contributed by atoms with E-state index in [1.165, 1.54) is 0 Å². The zero-order valence-corrected chi connectivity index (χ0v) is 17.8. The van der Waals surface area contributed by atoms with Gasteiger partial charge in [-0.15, -0.1) is 0 Å². The molecule has 32 heavy (non-hydrogen) atoms. The summed E-state index contributed by atoms with van der Waals surface area (Å²) in [5, 5.41) is 14.7. The molecule has 3 N–H and O–H groups in total. The predicted octanol–water partition coefficient (Wildman–Crippen LogP) is 2.79. The smallest absolute Gasteiger partial charge is 0.256 e. The third-order valence-electron chi connectivity index (χ3n) is 6.13. The van der Waals surface area contributed by atoms with Crippen molar-refractivity contribution in [3.05, 3.63) is 59.1 Å². The molecule has 4 heterocycles. The van der Waals surface area contributed by atoms with E-state index in [4.69, 9.17) is 14.9 Å². The molecule has 9 nitrogen and oxygen atoms in total. The first-order chi connectivity index (χ1) is 15.3. The van der Waals surface area contributed by atoms with Crippen molar-refractivity contribution >= 4 is 28.3 Å². The van der Waals surface area contributed by atoms with Crippen LogP contribution < -0.4 is 10.5 Å². The first-order valence-electron chi connectivity index (χ1n) is 10.2. The summed E-state index contributed by atoms with van der Waals surface area (Å²) in [7, 11) is 0. The number of aryl methyl sites for hydroxylation is 2. The fourth-order valence-electron chi connectivity index (χ4n) is 4.23. The van der Waals surface area contributed by atoms with Crippen LogP contribution in [-0.2, 0) is 0 Å². The van der Waals surface area contributed by atoms with Crippen molar-refractivity contribution in [2.75, 3.05) is 6.54 Å². The maximum atomic E-state index is 13.0. The average Bonchev–Trinajstić information content (AvgIpc) is 3.27. The van der Waals surface area contributed by atoms with Crippen LogP contribution in [0.3, 0.4) is 0 Å². The van der Waals surface area contributed by atoms with Gasteiger partial charge in [-0.1, -0.05) is 0 Å². The van der Waals surface area contributed by atoms with E-state index < -0.39 is 12.0 Å². The van der Waals surface area contributed by atoms with E-state index in [2.05, 4.69) is 5.10 Å². The van der Waals surface area contributed by atoms with Crippen molar-refractivity contribution in [1.82, 2.24) is 14.5 Å². The quantitative estimate of drug-likeness (QED) is 0.509. The molecule has 1 saturated heterocycles. The summed E-state index contributed by atoms with van der Waals surface area (Å²) < 4.78 is 13.4. The Morgan fingerprint density at radius 3 is 2.75 bits per heavy atom. The number of fused-ring (bicyclic) bond motifs is 2. The molecule has 9 heteroatoms. The maximum Gasteiger partial charge on any atom is 0.256 e. The molecule has 0 aliphatic carbocycles. The van der Waals surface area contributed by atoms with Crippen LogP contribution in [0.2, 0.25) is 0 Å². The van der Waals surface area contributed by atoms with Crippen molar-refractivity contribution in [2.45, 2.75) is 32.9 Å². The van der Waals surface area contributed by atoms with Gasteiger partial charge in [0.15, 0.2) is 5.75 Å². The third kappa shape index (κ3) is 2.93. The summed E-state index contributed by atoms with van der Waals surface area (Å²) in [5.41, 5.74) is 8.22. The number of hydrogen-bond acceptors (Lipinski definition) is 6. The Morgan fingerprint density at radius 2 is 2.06 bits per heavy atom. The summed E-state index contributed by atoms with van der Waals surface area (Å²) in [6.07, 6.45) is 2.77. The molecule has 1 fully saturated rings. The minimum absolute atomic E-state index is 0.150. The van der Waals surface area contributed by atoms with E-state index in [1.54, 1.807) is 53.0 Å². The van der Waals surface area contributed by atoms with Gasteiger partial charge in [0.1, 0.15) is 22.6 Å². The number of amides is 2. The van der Waals surface area contributed by atoms with Crippen molar-refractivity contribution in [3.63, 3.8) is 0 Å². The number of aliphatic hydroxyl groups excluding tert-OH is 1. The number of furan rings is 1. The van der Waals surface area contributed by atoms with Gasteiger partial charge in [0, 0.05) is 30.3 Å². The molecular formula is C23H22N4O5. The van der Waals surface area contributed by atoms with Crippen molar-refractivity contribution in [3.8, 4) is 11.5 Å². The highest BCUT2D eigenvalue weighted by atomic mass is 16.5. The standard InChI is InChI=1S/C23H22N4O5/c1-11-16(23(30)26-10-17(28)12(26)2)9-27-21(11)18(6-7-25-27)32-14-4-5-15-19(8-14)31-13(3)20(15)22(24)29/h4-9,12,17,28H,10H2,1-3H3,(H2,24,29)/t12-,17-/m1/s1. The Bertz CT molecular complexity index is 1400. The lowest BCUT2D eigenvalue weighted by atomic mass is 9.99. The number of ether oxygens (including phenoxy) is 1. The summed E-state index contributed by atoms with van der Waals surface area (Å²) in [6.45, 7) is 5.67. The largest absolute Gasteiger partial charge is 0.460 e. The molecule has 0 bridgehead atoms. The molecule has 2 amide bonds. The Balaban J connectivity index is 1.52. The normalized spacial score (nSPS) is 18.2. The van der Waals surface area contributed by atoms with E-state index in [0.717, 1.165) is 5.56 Å². The van der Waals surface area contributed by atoms with Gasteiger partial charge >= 0.3 is 0 Å². The van der Waals surface area contributed by atoms with Crippen LogP contribution in [0.4, 0.5) is 0 Å². The molecule has 1 aromatic carbocycles. The maximum absolute atomic E-state index is 13.0. The number of nitrogens with two attached hydrogens (primary N) is 1. The molecule has 0 spiro atoms. The van der Waals surface area contributed by atoms with Crippen LogP contribution in [0.5, 0.6) is 11.5 Å². The second-order valence-electron chi connectivity index (χ2n) is 8.08. The van der Waals surface area contributed by atoms with Gasteiger partial charge in [0.2, 0.25) is 0 Å². The molecule has 0 radical (unpaired) electrons. The van der Waals surface area contributed by atoms with Crippen LogP contribution in [0.15, 0.2) is 41.1 Å². The number of aliphatic hydroxyl groups is 1. The van der Waals surface area contributed by atoms with Gasteiger partial charge in [-0.3, -0.25) is 9.59 Å². The number of benzene rings is 1. The van der Waals surface area contributed by atoms with E-state index in [9.17, 15) is 14.7 Å². The summed E-state index contributed by atoms with van der Waals surface area (Å²) in [5.74, 6) is 0.778. The second-order valence-corrected chi connectivity index (χ2v) is 8.08. The molecule has 5 rings (SSSR count). The number of likely N-dealkylation sites (tertiary alicyclic amines) is 1. The van der Waals surface area contributed by atoms with Crippen molar-refractivity contribution in [2.24, 2.45) is 5.73 Å². The van der Waals surface area contributed by atoms with Crippen LogP contribution in [0.25, 0.3) is 16.5 Å². The predicted molar refractivity (Wildman–Crippen MR) is 116 cm³/mol. The van der Waals surface area contributed by atoms with Crippen LogP contribution in [0, 0.1) is 13.8 Å². The zero-order valence-electron chi connectivity index (χ0n) is 17.8. The average molecular weight is 434 g/mol. The highest BCUT2D eigenvalue weighted by Crippen LogP contribution is 2.34. The fourth-order valence-corrected chi connectivity index (χ4v) is 4.23. The van der Waals surface area contributed by atoms with Crippen LogP contribution in [0.1, 0.15) is 39.0 Å². The number of rotatable bonds is 4. The Labute approximate surface area is 183 Å². The van der Waals surface area contributed by atoms with Crippen molar-refractivity contribution in [1.29, 1.82) is 0 Å². The highest BCUT2D eigenvalue weighted by Gasteiger charge is 2.38. The highest BCUT2D eigenvalue weighted by molar-refractivity contribution is 6.06. The molecule has 4 aromatic rings. The summed E-state index contributed by atoms with van der Waals surface area (Å²) in [6, 6.07) is 6.66. The first kappa shape index (κ1) is 20.1. The molecule has 3 aromatic heterocycles. The molecule has 0 saturated carbocycles. The minimum atomic E-state index is -0.546. The van der Waals surface area contributed by atoms with E-state index >= 15 is 0 Å². The van der Waals surface area contributed by atoms with E-state index in [-0.39, 0.29) is 11.9 Å². The number of carbonyl (C=O) groups excluding carboxylic acids is 2. The van der Waals surface area contributed by atoms with Crippen LogP contribution in [-0.4, -0.2) is 50.1 Å². The summed E-state index contributed by atoms with van der Waals surface area (Å²) in [4.78, 5) is 26.3. The molecule has 1 aliphatic rings. The van der Waals surface area contributed by atoms with Gasteiger partial charge in [-0.05, 0) is 38.5 Å². The SMILES string of the molecule is Cc1oc2cc(Oc3ccnn4cc(C(=O)N5C[C@@H](O)[C@H]5C)c(C)c34)ccc2c1C(N)=O. The monoisotopic (exact) mass is 434 g/mol. The number of nitrogens with zero attached hydrogens (tertiary/aromatic N) is 3. The van der Waals surface area contributed by atoms with Gasteiger partial charge < -0.3 is 24.9 Å². The number of carbonyl (C=O) groups is 2. The fraction of sp³-hybridized carbons (Fsp3) is 0.261. The lowest BCUT2D eigenvalue weighted by molar-refractivity contribution is -0.0357. The number of primary amides is 1. The number of β-amino-alcohol motifs (C(OH)–C–C–N with tert-alkyl or cyclic N) is 1. The van der Waals surface area contributed by atoms with Crippen LogP contribution >= 0.6 is 0 Å². The molecule has 1 aliphatic heterocycles. The second kappa shape index (κ2) is 7.10. The lowest BCUT2D eigenvalue weighted by Gasteiger charge is -2.43. The Hall–Kier alpha value is -3.85.